The van der Waals surface area contributed by atoms with Crippen LogP contribution in [0.4, 0.5) is 0 Å². The normalized spacial score (nSPS) is 13.6. The van der Waals surface area contributed by atoms with Crippen molar-refractivity contribution >= 4 is 29.4 Å². The van der Waals surface area contributed by atoms with Crippen molar-refractivity contribution in [2.24, 2.45) is 11.3 Å². The Kier molecular flexibility index (Phi) is 10.6. The molecule has 1 aromatic carbocycles. The molecule has 2 aromatic rings. The number of carbonyl (C=O) groups excluding carboxylic acids is 5. The van der Waals surface area contributed by atoms with E-state index in [4.69, 9.17) is 0 Å². The van der Waals surface area contributed by atoms with Gasteiger partial charge in [-0.2, -0.15) is 0 Å². The van der Waals surface area contributed by atoms with Crippen LogP contribution in [0.1, 0.15) is 57.6 Å². The van der Waals surface area contributed by atoms with Gasteiger partial charge in [-0.25, -0.2) is 4.98 Å². The van der Waals surface area contributed by atoms with Crippen LogP contribution < -0.4 is 21.3 Å². The molecule has 2 rings (SSSR count). The summed E-state index contributed by atoms with van der Waals surface area (Å²) in [6, 6.07) is 5.97. The number of aromatic nitrogens is 2. The summed E-state index contributed by atoms with van der Waals surface area (Å²) in [6.45, 7) is 10.3. The molecule has 204 valence electrons. The second kappa shape index (κ2) is 13.4. The zero-order chi connectivity index (χ0) is 28.5. The largest absolute Gasteiger partial charge is 0.345 e. The molecule has 38 heavy (non-hydrogen) atoms. The molecular formula is C27H36N6O5. The lowest BCUT2D eigenvalue weighted by Crippen LogP contribution is -2.59. The number of rotatable bonds is 11. The van der Waals surface area contributed by atoms with Gasteiger partial charge in [-0.3, -0.25) is 29.0 Å². The van der Waals surface area contributed by atoms with E-state index in [9.17, 15) is 24.0 Å². The molecule has 4 amide bonds. The summed E-state index contributed by atoms with van der Waals surface area (Å²) < 4.78 is 0. The lowest BCUT2D eigenvalue weighted by Gasteiger charge is -2.31. The van der Waals surface area contributed by atoms with Crippen LogP contribution in [0.5, 0.6) is 0 Å². The van der Waals surface area contributed by atoms with E-state index >= 15 is 0 Å². The SMILES string of the molecule is CC(NC(=O)C(NC(=O)c1cnccn1)C(C)(C)C)C(=O)NC(C(=O)C(=O)NCc1ccccc1)C(C)C. The maximum absolute atomic E-state index is 13.1. The van der Waals surface area contributed by atoms with Crippen molar-refractivity contribution < 1.29 is 24.0 Å². The highest BCUT2D eigenvalue weighted by Crippen LogP contribution is 2.20. The van der Waals surface area contributed by atoms with Crippen LogP contribution >= 0.6 is 0 Å². The monoisotopic (exact) mass is 524 g/mol. The molecule has 0 saturated heterocycles. The Morgan fingerprint density at radius 2 is 1.53 bits per heavy atom. The molecule has 0 aliphatic heterocycles. The number of ketones is 1. The highest BCUT2D eigenvalue weighted by Gasteiger charge is 2.36. The lowest BCUT2D eigenvalue weighted by molar-refractivity contribution is -0.141. The van der Waals surface area contributed by atoms with Gasteiger partial charge in [0.05, 0.1) is 12.2 Å². The number of hydrogen-bond acceptors (Lipinski definition) is 7. The summed E-state index contributed by atoms with van der Waals surface area (Å²) in [6.07, 6.45) is 4.07. The fraction of sp³-hybridized carbons (Fsp3) is 0.444. The molecule has 0 aliphatic rings. The zero-order valence-electron chi connectivity index (χ0n) is 22.6. The maximum atomic E-state index is 13.1. The number of nitrogens with zero attached hydrogens (tertiary/aromatic N) is 2. The van der Waals surface area contributed by atoms with Gasteiger partial charge in [0.15, 0.2) is 0 Å². The van der Waals surface area contributed by atoms with Gasteiger partial charge in [0.25, 0.3) is 11.8 Å². The van der Waals surface area contributed by atoms with Gasteiger partial charge >= 0.3 is 0 Å². The molecule has 11 heteroatoms. The molecular weight excluding hydrogens is 488 g/mol. The van der Waals surface area contributed by atoms with Gasteiger partial charge in [-0.1, -0.05) is 65.0 Å². The predicted molar refractivity (Wildman–Crippen MR) is 140 cm³/mol. The molecule has 0 radical (unpaired) electrons. The van der Waals surface area contributed by atoms with Gasteiger partial charge in [0.1, 0.15) is 17.8 Å². The first-order valence-electron chi connectivity index (χ1n) is 12.3. The van der Waals surface area contributed by atoms with Gasteiger partial charge < -0.3 is 21.3 Å². The second-order valence-corrected chi connectivity index (χ2v) is 10.4. The Morgan fingerprint density at radius 3 is 2.08 bits per heavy atom. The van der Waals surface area contributed by atoms with Crippen LogP contribution in [-0.4, -0.2) is 57.5 Å². The van der Waals surface area contributed by atoms with Crippen molar-refractivity contribution in [3.8, 4) is 0 Å². The van der Waals surface area contributed by atoms with Gasteiger partial charge in [0.2, 0.25) is 17.6 Å². The molecule has 0 aliphatic carbocycles. The van der Waals surface area contributed by atoms with Gasteiger partial charge in [-0.15, -0.1) is 0 Å². The molecule has 11 nitrogen and oxygen atoms in total. The van der Waals surface area contributed by atoms with Crippen molar-refractivity contribution in [3.63, 3.8) is 0 Å². The molecule has 1 aromatic heterocycles. The van der Waals surface area contributed by atoms with E-state index in [0.29, 0.717) is 0 Å². The molecule has 0 saturated carbocycles. The standard InChI is InChI=1S/C27H36N6O5/c1-16(2)20(21(34)25(37)30-14-18-10-8-7-9-11-18)32-23(35)17(3)31-26(38)22(27(4,5)6)33-24(36)19-15-28-12-13-29-19/h7-13,15-17,20,22H,14H2,1-6H3,(H,30,37)(H,31,38)(H,32,35)(H,33,36). The third kappa shape index (κ3) is 8.75. The summed E-state index contributed by atoms with van der Waals surface area (Å²) in [4.78, 5) is 71.6. The van der Waals surface area contributed by atoms with E-state index < -0.39 is 53.0 Å². The van der Waals surface area contributed by atoms with Crippen molar-refractivity contribution in [1.82, 2.24) is 31.2 Å². The van der Waals surface area contributed by atoms with E-state index in [2.05, 4.69) is 31.2 Å². The summed E-state index contributed by atoms with van der Waals surface area (Å²) in [5, 5.41) is 10.4. The smallest absolute Gasteiger partial charge is 0.289 e. The molecule has 4 N–H and O–H groups in total. The third-order valence-electron chi connectivity index (χ3n) is 5.72. The Hall–Kier alpha value is -4.15. The van der Waals surface area contributed by atoms with Crippen molar-refractivity contribution in [2.75, 3.05) is 0 Å². The number of carbonyl (C=O) groups is 5. The topological polar surface area (TPSA) is 159 Å². The lowest BCUT2D eigenvalue weighted by atomic mass is 9.86. The number of hydrogen-bond donors (Lipinski definition) is 4. The number of amides is 4. The number of benzene rings is 1. The fourth-order valence-corrected chi connectivity index (χ4v) is 3.48. The molecule has 3 unspecified atom stereocenters. The van der Waals surface area contributed by atoms with Gasteiger partial charge in [-0.05, 0) is 23.8 Å². The van der Waals surface area contributed by atoms with Crippen molar-refractivity contribution in [2.45, 2.75) is 66.2 Å². The average Bonchev–Trinajstić information content (AvgIpc) is 2.88. The first-order chi connectivity index (χ1) is 17.8. The van der Waals surface area contributed by atoms with Crippen molar-refractivity contribution in [1.29, 1.82) is 0 Å². The Bertz CT molecular complexity index is 1130. The van der Waals surface area contributed by atoms with Crippen LogP contribution in [0.25, 0.3) is 0 Å². The van der Waals surface area contributed by atoms with E-state index in [0.717, 1.165) is 5.56 Å². The zero-order valence-corrected chi connectivity index (χ0v) is 22.6. The average molecular weight is 525 g/mol. The van der Waals surface area contributed by atoms with E-state index in [1.165, 1.54) is 25.5 Å². The van der Waals surface area contributed by atoms with Crippen LogP contribution in [0, 0.1) is 11.3 Å². The quantitative estimate of drug-likeness (QED) is 0.321. The first kappa shape index (κ1) is 30.1. The van der Waals surface area contributed by atoms with E-state index in [1.54, 1.807) is 34.6 Å². The van der Waals surface area contributed by atoms with Crippen molar-refractivity contribution in [3.05, 3.63) is 60.2 Å². The maximum Gasteiger partial charge on any atom is 0.289 e. The van der Waals surface area contributed by atoms with Crippen LogP contribution in [0.15, 0.2) is 48.9 Å². The van der Waals surface area contributed by atoms with Crippen LogP contribution in [-0.2, 0) is 25.7 Å². The van der Waals surface area contributed by atoms with Crippen LogP contribution in [0.3, 0.4) is 0 Å². The molecule has 0 spiro atoms. The summed E-state index contributed by atoms with van der Waals surface area (Å²) in [5.41, 5.74) is 0.171. The number of nitrogens with one attached hydrogen (secondary N) is 4. The first-order valence-corrected chi connectivity index (χ1v) is 12.3. The Morgan fingerprint density at radius 1 is 0.868 bits per heavy atom. The second-order valence-electron chi connectivity index (χ2n) is 10.4. The highest BCUT2D eigenvalue weighted by molar-refractivity contribution is 6.38. The minimum absolute atomic E-state index is 0.0455. The molecule has 3 atom stereocenters. The third-order valence-corrected chi connectivity index (χ3v) is 5.72. The fourth-order valence-electron chi connectivity index (χ4n) is 3.48. The molecule has 0 bridgehead atoms. The summed E-state index contributed by atoms with van der Waals surface area (Å²) in [7, 11) is 0. The Labute approximate surface area is 222 Å². The van der Waals surface area contributed by atoms with E-state index in [-0.39, 0.29) is 18.2 Å². The molecule has 0 fully saturated rings. The minimum atomic E-state index is -1.09. The Balaban J connectivity index is 2.02. The minimum Gasteiger partial charge on any atom is -0.345 e. The van der Waals surface area contributed by atoms with Crippen LogP contribution in [0.2, 0.25) is 0 Å². The summed E-state index contributed by atoms with van der Waals surface area (Å²) in [5.74, 6) is -3.81. The number of Topliss-reactive ketones (excluding diaryl/α,β-unsaturated/α-hetero) is 1. The van der Waals surface area contributed by atoms with Gasteiger partial charge in [0, 0.05) is 18.9 Å². The highest BCUT2D eigenvalue weighted by atomic mass is 16.2. The predicted octanol–water partition coefficient (Wildman–Crippen LogP) is 1.15. The summed E-state index contributed by atoms with van der Waals surface area (Å²) >= 11 is 0. The van der Waals surface area contributed by atoms with E-state index in [1.807, 2.05) is 30.3 Å². The molecule has 1 heterocycles.